The summed E-state index contributed by atoms with van der Waals surface area (Å²) in [5, 5.41) is 0.950. The van der Waals surface area contributed by atoms with Gasteiger partial charge >= 0.3 is 0 Å². The molecule has 0 aromatic carbocycles. The number of anilines is 1. The third kappa shape index (κ3) is 2.46. The fraction of sp³-hybridized carbons (Fsp3) is 0.231. The number of nitrogens with zero attached hydrogens (tertiary/aromatic N) is 2. The first kappa shape index (κ1) is 12.5. The first-order valence-corrected chi connectivity index (χ1v) is 6.65. The highest BCUT2D eigenvalue weighted by atomic mass is 35.5. The van der Waals surface area contributed by atoms with Crippen LogP contribution in [0.15, 0.2) is 29.3 Å². The predicted molar refractivity (Wildman–Crippen MR) is 76.1 cm³/mol. The number of aromatic amines is 1. The van der Waals surface area contributed by atoms with E-state index in [4.69, 9.17) is 23.2 Å². The molecule has 3 heterocycles. The molecular formula is C13H11Cl2N3O. The Balaban J connectivity index is 1.91. The number of pyridine rings is 2. The quantitative estimate of drug-likeness (QED) is 0.880. The van der Waals surface area contributed by atoms with Crippen molar-refractivity contribution in [2.24, 2.45) is 0 Å². The molecule has 98 valence electrons. The molecule has 4 nitrogen and oxygen atoms in total. The number of H-pyrrole nitrogens is 1. The van der Waals surface area contributed by atoms with E-state index < -0.39 is 0 Å². The second kappa shape index (κ2) is 4.87. The van der Waals surface area contributed by atoms with Crippen LogP contribution >= 0.6 is 23.2 Å². The monoisotopic (exact) mass is 295 g/mol. The molecule has 0 fully saturated rings. The van der Waals surface area contributed by atoms with Gasteiger partial charge in [0.2, 0.25) is 5.56 Å². The van der Waals surface area contributed by atoms with E-state index in [1.165, 1.54) is 0 Å². The Bertz CT molecular complexity index is 684. The molecule has 0 aliphatic carbocycles. The minimum absolute atomic E-state index is 0.0557. The molecule has 0 radical (unpaired) electrons. The molecule has 0 saturated heterocycles. The molecule has 19 heavy (non-hydrogen) atoms. The van der Waals surface area contributed by atoms with E-state index >= 15 is 0 Å². The summed E-state index contributed by atoms with van der Waals surface area (Å²) < 4.78 is 0. The van der Waals surface area contributed by atoms with Crippen LogP contribution in [0.4, 0.5) is 5.82 Å². The molecule has 1 aliphatic heterocycles. The summed E-state index contributed by atoms with van der Waals surface area (Å²) in [6.07, 6.45) is 4.14. The molecule has 1 aliphatic rings. The van der Waals surface area contributed by atoms with Crippen LogP contribution in [-0.2, 0) is 13.0 Å². The Labute approximate surface area is 120 Å². The predicted octanol–water partition coefficient (Wildman–Crippen LogP) is 2.64. The van der Waals surface area contributed by atoms with Crippen LogP contribution in [0.1, 0.15) is 11.1 Å². The normalized spacial score (nSPS) is 14.3. The topological polar surface area (TPSA) is 49.0 Å². The van der Waals surface area contributed by atoms with E-state index in [1.54, 1.807) is 24.5 Å². The molecule has 1 N–H and O–H groups in total. The van der Waals surface area contributed by atoms with Gasteiger partial charge in [0.1, 0.15) is 5.82 Å². The maximum Gasteiger partial charge on any atom is 0.248 e. The van der Waals surface area contributed by atoms with Crippen LogP contribution in [0.5, 0.6) is 0 Å². The standard InChI is InChI=1S/C13H11Cl2N3O/c14-10-4-12(16-6-11(10)15)18-2-1-8-3-13(19)17-5-9(8)7-18/h3-6H,1-2,7H2,(H,17,19). The van der Waals surface area contributed by atoms with Gasteiger partial charge in [-0.2, -0.15) is 0 Å². The van der Waals surface area contributed by atoms with E-state index in [0.29, 0.717) is 16.6 Å². The average molecular weight is 296 g/mol. The Kier molecular flexibility index (Phi) is 3.21. The number of aromatic nitrogens is 2. The van der Waals surface area contributed by atoms with Gasteiger partial charge in [0.05, 0.1) is 10.0 Å². The van der Waals surface area contributed by atoms with Gasteiger partial charge in [0.15, 0.2) is 0 Å². The minimum Gasteiger partial charge on any atom is -0.352 e. The maximum atomic E-state index is 11.3. The zero-order valence-electron chi connectivity index (χ0n) is 9.99. The summed E-state index contributed by atoms with van der Waals surface area (Å²) in [7, 11) is 0. The Morgan fingerprint density at radius 2 is 2.05 bits per heavy atom. The van der Waals surface area contributed by atoms with Crippen molar-refractivity contribution in [2.75, 3.05) is 11.4 Å². The van der Waals surface area contributed by atoms with Crippen LogP contribution in [0, 0.1) is 0 Å². The van der Waals surface area contributed by atoms with E-state index in [1.807, 2.05) is 0 Å². The first-order chi connectivity index (χ1) is 9.13. The lowest BCUT2D eigenvalue weighted by Crippen LogP contribution is -2.32. The van der Waals surface area contributed by atoms with E-state index in [2.05, 4.69) is 14.9 Å². The average Bonchev–Trinajstić information content (AvgIpc) is 2.41. The fourth-order valence-corrected chi connectivity index (χ4v) is 2.49. The molecule has 0 bridgehead atoms. The third-order valence-corrected chi connectivity index (χ3v) is 3.95. The van der Waals surface area contributed by atoms with Crippen LogP contribution in [0.25, 0.3) is 0 Å². The Hall–Kier alpha value is -1.52. The number of fused-ring (bicyclic) bond motifs is 1. The first-order valence-electron chi connectivity index (χ1n) is 5.90. The second-order valence-corrected chi connectivity index (χ2v) is 5.29. The van der Waals surface area contributed by atoms with Crippen molar-refractivity contribution in [3.63, 3.8) is 0 Å². The zero-order chi connectivity index (χ0) is 13.4. The summed E-state index contributed by atoms with van der Waals surface area (Å²) in [5.74, 6) is 0.797. The molecule has 2 aromatic rings. The molecule has 0 spiro atoms. The lowest BCUT2D eigenvalue weighted by Gasteiger charge is -2.29. The number of hydrogen-bond acceptors (Lipinski definition) is 3. The van der Waals surface area contributed by atoms with Gasteiger partial charge in [-0.1, -0.05) is 23.2 Å². The van der Waals surface area contributed by atoms with Crippen molar-refractivity contribution in [2.45, 2.75) is 13.0 Å². The fourth-order valence-electron chi connectivity index (χ4n) is 2.24. The molecule has 0 unspecified atom stereocenters. The van der Waals surface area contributed by atoms with Crippen LogP contribution in [0.3, 0.4) is 0 Å². The summed E-state index contributed by atoms with van der Waals surface area (Å²) in [6.45, 7) is 1.51. The number of hydrogen-bond donors (Lipinski definition) is 1. The molecule has 2 aromatic heterocycles. The third-order valence-electron chi connectivity index (χ3n) is 3.24. The van der Waals surface area contributed by atoms with Gasteiger partial charge in [-0.25, -0.2) is 4.98 Å². The Morgan fingerprint density at radius 1 is 1.21 bits per heavy atom. The number of halogens is 2. The van der Waals surface area contributed by atoms with Crippen molar-refractivity contribution in [3.05, 3.63) is 56.1 Å². The van der Waals surface area contributed by atoms with E-state index in [0.717, 1.165) is 29.9 Å². The largest absolute Gasteiger partial charge is 0.352 e. The highest BCUT2D eigenvalue weighted by molar-refractivity contribution is 6.42. The number of rotatable bonds is 1. The summed E-state index contributed by atoms with van der Waals surface area (Å²) in [6, 6.07) is 3.43. The van der Waals surface area contributed by atoms with Crippen molar-refractivity contribution >= 4 is 29.0 Å². The Morgan fingerprint density at radius 3 is 2.84 bits per heavy atom. The SMILES string of the molecule is O=c1cc2c(c[nH]1)CN(c1cc(Cl)c(Cl)cn1)CC2. The summed E-state index contributed by atoms with van der Waals surface area (Å²) >= 11 is 11.9. The van der Waals surface area contributed by atoms with Gasteiger partial charge < -0.3 is 9.88 Å². The van der Waals surface area contributed by atoms with Crippen molar-refractivity contribution in [3.8, 4) is 0 Å². The molecule has 6 heteroatoms. The summed E-state index contributed by atoms with van der Waals surface area (Å²) in [5.41, 5.74) is 2.15. The van der Waals surface area contributed by atoms with Crippen molar-refractivity contribution < 1.29 is 0 Å². The van der Waals surface area contributed by atoms with Crippen LogP contribution < -0.4 is 10.5 Å². The zero-order valence-corrected chi connectivity index (χ0v) is 11.5. The van der Waals surface area contributed by atoms with Crippen LogP contribution in [0.2, 0.25) is 10.0 Å². The number of nitrogens with one attached hydrogen (secondary N) is 1. The van der Waals surface area contributed by atoms with Crippen LogP contribution in [-0.4, -0.2) is 16.5 Å². The van der Waals surface area contributed by atoms with E-state index in [9.17, 15) is 4.79 Å². The van der Waals surface area contributed by atoms with Gasteiger partial charge in [0.25, 0.3) is 0 Å². The molecule has 3 rings (SSSR count). The molecule has 0 saturated carbocycles. The van der Waals surface area contributed by atoms with Gasteiger partial charge in [-0.3, -0.25) is 4.79 Å². The lowest BCUT2D eigenvalue weighted by atomic mass is 10.0. The highest BCUT2D eigenvalue weighted by Crippen LogP contribution is 2.27. The molecule has 0 atom stereocenters. The lowest BCUT2D eigenvalue weighted by molar-refractivity contribution is 0.715. The smallest absolute Gasteiger partial charge is 0.248 e. The summed E-state index contributed by atoms with van der Waals surface area (Å²) in [4.78, 5) is 20.4. The minimum atomic E-state index is -0.0557. The maximum absolute atomic E-state index is 11.3. The highest BCUT2D eigenvalue weighted by Gasteiger charge is 2.18. The van der Waals surface area contributed by atoms with Crippen molar-refractivity contribution in [1.82, 2.24) is 9.97 Å². The molecule has 0 amide bonds. The van der Waals surface area contributed by atoms with Gasteiger partial charge in [0, 0.05) is 37.6 Å². The van der Waals surface area contributed by atoms with Crippen molar-refractivity contribution in [1.29, 1.82) is 0 Å². The van der Waals surface area contributed by atoms with Gasteiger partial charge in [-0.15, -0.1) is 0 Å². The van der Waals surface area contributed by atoms with Gasteiger partial charge in [-0.05, 0) is 17.5 Å². The van der Waals surface area contributed by atoms with E-state index in [-0.39, 0.29) is 5.56 Å². The second-order valence-electron chi connectivity index (χ2n) is 4.48. The molecular weight excluding hydrogens is 285 g/mol.